The third kappa shape index (κ3) is 6.45. The molecule has 5 nitrogen and oxygen atoms in total. The van der Waals surface area contributed by atoms with Crippen LogP contribution in [0.4, 0.5) is 5.69 Å². The fourth-order valence-corrected chi connectivity index (χ4v) is 2.89. The molecule has 3 rings (SSSR count). The van der Waals surface area contributed by atoms with Gasteiger partial charge in [-0.1, -0.05) is 72.3 Å². The Kier molecular flexibility index (Phi) is 7.39. The number of hydrogen-bond donors (Lipinski definition) is 2. The first-order valence-electron chi connectivity index (χ1n) is 9.15. The zero-order valence-corrected chi connectivity index (χ0v) is 16.4. The van der Waals surface area contributed by atoms with Crippen LogP contribution < -0.4 is 10.6 Å². The summed E-state index contributed by atoms with van der Waals surface area (Å²) in [7, 11) is 0. The minimum Gasteiger partial charge on any atom is -0.359 e. The molecule has 0 aromatic heterocycles. The summed E-state index contributed by atoms with van der Waals surface area (Å²) in [6, 6.07) is 26.1. The van der Waals surface area contributed by atoms with E-state index in [-0.39, 0.29) is 31.1 Å². The van der Waals surface area contributed by atoms with E-state index in [1.54, 1.807) is 24.3 Å². The topological polar surface area (TPSA) is 67.4 Å². The van der Waals surface area contributed by atoms with Gasteiger partial charge in [0.1, 0.15) is 12.7 Å². The summed E-state index contributed by atoms with van der Waals surface area (Å²) < 4.78 is 5.88. The molecule has 29 heavy (non-hydrogen) atoms. The number of rotatable bonds is 8. The first kappa shape index (κ1) is 20.6. The van der Waals surface area contributed by atoms with Crippen LogP contribution in [0.3, 0.4) is 0 Å². The lowest BCUT2D eigenvalue weighted by Gasteiger charge is -2.18. The fraction of sp³-hybridized carbons (Fsp3) is 0.130. The van der Waals surface area contributed by atoms with Crippen molar-refractivity contribution in [3.05, 3.63) is 101 Å². The molecule has 0 aliphatic rings. The number of nitrogens with one attached hydrogen (secondary N) is 2. The molecule has 0 saturated carbocycles. The van der Waals surface area contributed by atoms with Crippen molar-refractivity contribution in [3.8, 4) is 0 Å². The Hall–Kier alpha value is -3.15. The van der Waals surface area contributed by atoms with Crippen LogP contribution in [0.25, 0.3) is 0 Å². The van der Waals surface area contributed by atoms with E-state index in [0.717, 1.165) is 11.1 Å². The fourth-order valence-electron chi connectivity index (χ4n) is 2.77. The first-order chi connectivity index (χ1) is 14.1. The predicted molar refractivity (Wildman–Crippen MR) is 114 cm³/mol. The molecule has 3 aromatic rings. The number of amides is 2. The molecule has 0 aliphatic carbocycles. The van der Waals surface area contributed by atoms with Crippen LogP contribution in [-0.2, 0) is 14.3 Å². The third-order valence-electron chi connectivity index (χ3n) is 4.16. The molecule has 0 radical (unpaired) electrons. The molecule has 0 heterocycles. The normalized spacial score (nSPS) is 10.6. The van der Waals surface area contributed by atoms with Gasteiger partial charge in [0.2, 0.25) is 11.8 Å². The summed E-state index contributed by atoms with van der Waals surface area (Å²) in [4.78, 5) is 24.2. The maximum atomic E-state index is 12.2. The zero-order valence-electron chi connectivity index (χ0n) is 15.7. The number of anilines is 1. The molecular formula is C23H21ClN2O3. The van der Waals surface area contributed by atoms with Crippen LogP contribution in [0, 0.1) is 0 Å². The van der Waals surface area contributed by atoms with Crippen molar-refractivity contribution in [1.29, 1.82) is 0 Å². The van der Waals surface area contributed by atoms with Crippen LogP contribution in [0.15, 0.2) is 84.9 Å². The van der Waals surface area contributed by atoms with Crippen molar-refractivity contribution in [3.63, 3.8) is 0 Å². The van der Waals surface area contributed by atoms with Crippen LogP contribution >= 0.6 is 11.6 Å². The van der Waals surface area contributed by atoms with Crippen molar-refractivity contribution in [2.45, 2.75) is 6.10 Å². The monoisotopic (exact) mass is 408 g/mol. The van der Waals surface area contributed by atoms with Gasteiger partial charge in [-0.3, -0.25) is 9.59 Å². The summed E-state index contributed by atoms with van der Waals surface area (Å²) in [5, 5.41) is 5.84. The minimum absolute atomic E-state index is 0.147. The lowest BCUT2D eigenvalue weighted by Crippen LogP contribution is -2.35. The second-order valence-electron chi connectivity index (χ2n) is 6.34. The van der Waals surface area contributed by atoms with Gasteiger partial charge >= 0.3 is 0 Å². The lowest BCUT2D eigenvalue weighted by atomic mass is 10.0. The molecule has 0 bridgehead atoms. The Balaban J connectivity index is 1.52. The summed E-state index contributed by atoms with van der Waals surface area (Å²) >= 11 is 5.82. The van der Waals surface area contributed by atoms with Crippen molar-refractivity contribution in [1.82, 2.24) is 5.32 Å². The average Bonchev–Trinajstić information content (AvgIpc) is 2.75. The molecule has 0 fully saturated rings. The standard InChI is InChI=1S/C23H21ClN2O3/c24-19-11-13-20(14-12-19)26-21(27)15-25-22(28)16-29-23(17-7-3-1-4-8-17)18-9-5-2-6-10-18/h1-14,23H,15-16H2,(H,25,28)(H,26,27). The van der Waals surface area contributed by atoms with E-state index >= 15 is 0 Å². The predicted octanol–water partition coefficient (Wildman–Crippen LogP) is 4.20. The van der Waals surface area contributed by atoms with Gasteiger partial charge in [-0.05, 0) is 35.4 Å². The molecule has 0 spiro atoms. The van der Waals surface area contributed by atoms with Gasteiger partial charge in [0.05, 0.1) is 6.54 Å². The summed E-state index contributed by atoms with van der Waals surface area (Å²) in [5.74, 6) is -0.698. The van der Waals surface area contributed by atoms with E-state index in [4.69, 9.17) is 16.3 Å². The second kappa shape index (κ2) is 10.4. The van der Waals surface area contributed by atoms with Gasteiger partial charge in [-0.25, -0.2) is 0 Å². The van der Waals surface area contributed by atoms with Gasteiger partial charge in [-0.15, -0.1) is 0 Å². The van der Waals surface area contributed by atoms with E-state index in [9.17, 15) is 9.59 Å². The third-order valence-corrected chi connectivity index (χ3v) is 4.41. The second-order valence-corrected chi connectivity index (χ2v) is 6.78. The highest BCUT2D eigenvalue weighted by Gasteiger charge is 2.16. The smallest absolute Gasteiger partial charge is 0.246 e. The Morgan fingerprint density at radius 2 is 1.34 bits per heavy atom. The van der Waals surface area contributed by atoms with Gasteiger partial charge in [0.15, 0.2) is 0 Å². The zero-order chi connectivity index (χ0) is 20.5. The van der Waals surface area contributed by atoms with Gasteiger partial charge in [0, 0.05) is 10.7 Å². The van der Waals surface area contributed by atoms with Crippen molar-refractivity contribution in [2.75, 3.05) is 18.5 Å². The number of ether oxygens (including phenoxy) is 1. The van der Waals surface area contributed by atoms with E-state index < -0.39 is 0 Å². The largest absolute Gasteiger partial charge is 0.359 e. The number of carbonyl (C=O) groups excluding carboxylic acids is 2. The maximum absolute atomic E-state index is 12.2. The Morgan fingerprint density at radius 1 is 0.793 bits per heavy atom. The van der Waals surface area contributed by atoms with Crippen LogP contribution in [0.5, 0.6) is 0 Å². The Morgan fingerprint density at radius 3 is 1.90 bits per heavy atom. The Bertz CT molecular complexity index is 892. The van der Waals surface area contributed by atoms with Gasteiger partial charge in [-0.2, -0.15) is 0 Å². The number of benzene rings is 3. The van der Waals surface area contributed by atoms with Gasteiger partial charge in [0.25, 0.3) is 0 Å². The SMILES string of the molecule is O=C(COC(c1ccccc1)c1ccccc1)NCC(=O)Nc1ccc(Cl)cc1. The Labute approximate surface area is 174 Å². The molecule has 2 N–H and O–H groups in total. The van der Waals surface area contributed by atoms with Crippen LogP contribution in [0.1, 0.15) is 17.2 Å². The van der Waals surface area contributed by atoms with Crippen LogP contribution in [0.2, 0.25) is 5.02 Å². The maximum Gasteiger partial charge on any atom is 0.246 e. The van der Waals surface area contributed by atoms with E-state index in [1.807, 2.05) is 60.7 Å². The summed E-state index contributed by atoms with van der Waals surface area (Å²) in [5.41, 5.74) is 2.51. The molecule has 3 aromatic carbocycles. The molecule has 148 valence electrons. The molecule has 6 heteroatoms. The van der Waals surface area contributed by atoms with Crippen LogP contribution in [-0.4, -0.2) is 25.0 Å². The van der Waals surface area contributed by atoms with Crippen molar-refractivity contribution in [2.24, 2.45) is 0 Å². The highest BCUT2D eigenvalue weighted by Crippen LogP contribution is 2.25. The number of hydrogen-bond acceptors (Lipinski definition) is 3. The van der Waals surface area contributed by atoms with Crippen molar-refractivity contribution < 1.29 is 14.3 Å². The van der Waals surface area contributed by atoms with Gasteiger partial charge < -0.3 is 15.4 Å². The highest BCUT2D eigenvalue weighted by molar-refractivity contribution is 6.30. The molecule has 0 unspecified atom stereocenters. The molecule has 0 saturated heterocycles. The van der Waals surface area contributed by atoms with E-state index in [1.165, 1.54) is 0 Å². The number of halogens is 1. The number of carbonyl (C=O) groups is 2. The minimum atomic E-state index is -0.369. The van der Waals surface area contributed by atoms with E-state index in [2.05, 4.69) is 10.6 Å². The summed E-state index contributed by atoms with van der Waals surface area (Å²) in [6.45, 7) is -0.311. The average molecular weight is 409 g/mol. The van der Waals surface area contributed by atoms with E-state index in [0.29, 0.717) is 10.7 Å². The summed E-state index contributed by atoms with van der Waals surface area (Å²) in [6.07, 6.45) is -0.369. The molecule has 0 aliphatic heterocycles. The quantitative estimate of drug-likeness (QED) is 0.587. The highest BCUT2D eigenvalue weighted by atomic mass is 35.5. The lowest BCUT2D eigenvalue weighted by molar-refractivity contribution is -0.129. The molecule has 2 amide bonds. The molecular weight excluding hydrogens is 388 g/mol. The molecule has 0 atom stereocenters. The first-order valence-corrected chi connectivity index (χ1v) is 9.53. The van der Waals surface area contributed by atoms with Crippen molar-refractivity contribution >= 4 is 29.1 Å².